The second-order valence-electron chi connectivity index (χ2n) is 24.7. The van der Waals surface area contributed by atoms with Crippen molar-refractivity contribution in [2.75, 3.05) is 38.3 Å². The summed E-state index contributed by atoms with van der Waals surface area (Å²) in [6.07, 6.45) is 5.15. The van der Waals surface area contributed by atoms with Crippen molar-refractivity contribution < 1.29 is 63.0 Å². The summed E-state index contributed by atoms with van der Waals surface area (Å²) >= 11 is 1.22. The number of thioether (sulfide) groups is 1. The Hall–Kier alpha value is -6.30. The van der Waals surface area contributed by atoms with E-state index in [1.165, 1.54) is 23.7 Å². The van der Waals surface area contributed by atoms with E-state index in [2.05, 4.69) is 33.5 Å². The van der Waals surface area contributed by atoms with Crippen LogP contribution in [0, 0.1) is 29.6 Å². The van der Waals surface area contributed by atoms with Crippen LogP contribution in [0.2, 0.25) is 0 Å². The highest BCUT2D eigenvalue weighted by molar-refractivity contribution is 7.99. The Labute approximate surface area is 506 Å². The fourth-order valence-corrected chi connectivity index (χ4v) is 12.4. The number of aliphatic hydroxyl groups excluding tert-OH is 1. The summed E-state index contributed by atoms with van der Waals surface area (Å²) in [4.78, 5) is 158. The van der Waals surface area contributed by atoms with E-state index in [1.807, 2.05) is 65.0 Å². The van der Waals surface area contributed by atoms with Gasteiger partial charge in [0.2, 0.25) is 59.1 Å². The van der Waals surface area contributed by atoms with E-state index >= 15 is 0 Å². The number of nitrogens with zero attached hydrogens (tertiary/aromatic N) is 4. The monoisotopic (exact) mass is 1210 g/mol. The van der Waals surface area contributed by atoms with Gasteiger partial charge in [-0.3, -0.25) is 52.7 Å². The van der Waals surface area contributed by atoms with Crippen molar-refractivity contribution in [1.29, 1.82) is 0 Å². The van der Waals surface area contributed by atoms with Gasteiger partial charge in [0.25, 0.3) is 0 Å². The number of β-amino-alcohol motifs (C(OH)–C–C–N with tert-alkyl or cyclic N) is 1. The molecule has 3 heterocycles. The van der Waals surface area contributed by atoms with Gasteiger partial charge in [-0.2, -0.15) is 0 Å². The number of carboxylic acids is 1. The van der Waals surface area contributed by atoms with Crippen LogP contribution in [0.5, 0.6) is 0 Å². The Morgan fingerprint density at radius 2 is 1.29 bits per heavy atom. The first kappa shape index (κ1) is 71.2. The molecule has 1 aromatic rings. The molecule has 476 valence electrons. The molecule has 3 aliphatic rings. The number of piperidine rings is 1. The Bertz CT molecular complexity index is 2450. The Morgan fingerprint density at radius 3 is 1.91 bits per heavy atom. The predicted molar refractivity (Wildman–Crippen MR) is 322 cm³/mol. The van der Waals surface area contributed by atoms with Crippen LogP contribution in [-0.2, 0) is 59.2 Å². The average Bonchev–Trinajstić information content (AvgIpc) is 3.03. The number of nitrogens with two attached hydrogens (primary N) is 1. The molecule has 0 spiro atoms. The van der Waals surface area contributed by atoms with Gasteiger partial charge in [0, 0.05) is 51.7 Å². The molecule has 85 heavy (non-hydrogen) atoms. The van der Waals surface area contributed by atoms with Gasteiger partial charge < -0.3 is 62.1 Å². The third-order valence-electron chi connectivity index (χ3n) is 16.2. The number of hydrogen-bond acceptors (Lipinski definition) is 13. The number of aliphatic hydroxyl groups is 1. The van der Waals surface area contributed by atoms with Crippen LogP contribution in [0.15, 0.2) is 30.3 Å². The van der Waals surface area contributed by atoms with Crippen LogP contribution in [0.4, 0.5) is 0 Å². The third-order valence-corrected chi connectivity index (χ3v) is 17.2. The van der Waals surface area contributed by atoms with Crippen LogP contribution >= 0.6 is 11.8 Å². The maximum atomic E-state index is 14.9. The quantitative estimate of drug-likeness (QED) is 0.0469. The Morgan fingerprint density at radius 1 is 0.694 bits per heavy atom. The predicted octanol–water partition coefficient (Wildman–Crippen LogP) is 3.09. The molecule has 0 radical (unpaired) electrons. The van der Waals surface area contributed by atoms with Gasteiger partial charge >= 0.3 is 5.97 Å². The number of hydrogen-bond donors (Lipinski definition) is 8. The number of likely N-dealkylation sites (tertiary alicyclic amines) is 2. The van der Waals surface area contributed by atoms with E-state index in [-0.39, 0.29) is 92.3 Å². The van der Waals surface area contributed by atoms with Crippen molar-refractivity contribution in [2.24, 2.45) is 35.3 Å². The maximum absolute atomic E-state index is 14.9. The number of amides is 10. The van der Waals surface area contributed by atoms with Crippen LogP contribution in [-0.4, -0.2) is 188 Å². The second kappa shape index (κ2) is 34.7. The lowest BCUT2D eigenvalue weighted by Gasteiger charge is -2.35. The summed E-state index contributed by atoms with van der Waals surface area (Å²) in [6, 6.07) is -0.981. The average molecular weight is 1210 g/mol. The smallest absolute Gasteiger partial charge is 0.305 e. The third kappa shape index (κ3) is 21.9. The van der Waals surface area contributed by atoms with E-state index in [0.717, 1.165) is 47.5 Å². The van der Waals surface area contributed by atoms with Crippen LogP contribution in [0.25, 0.3) is 0 Å². The number of carbonyl (C=O) groups excluding carboxylic acids is 10. The van der Waals surface area contributed by atoms with Gasteiger partial charge in [0.1, 0.15) is 48.3 Å². The normalized spacial score (nSPS) is 20.4. The molecule has 23 nitrogen and oxygen atoms in total. The van der Waals surface area contributed by atoms with Gasteiger partial charge in [0.05, 0.1) is 24.3 Å². The van der Waals surface area contributed by atoms with Crippen molar-refractivity contribution in [2.45, 2.75) is 213 Å². The van der Waals surface area contributed by atoms with Gasteiger partial charge in [-0.15, -0.1) is 11.8 Å². The maximum Gasteiger partial charge on any atom is 0.305 e. The molecule has 4 rings (SSSR count). The number of carbonyl (C=O) groups is 11. The number of primary amides is 1. The summed E-state index contributed by atoms with van der Waals surface area (Å²) in [6.45, 7) is 17.2. The van der Waals surface area contributed by atoms with Gasteiger partial charge in [-0.25, -0.2) is 0 Å². The first-order valence-electron chi connectivity index (χ1n) is 30.6. The van der Waals surface area contributed by atoms with Gasteiger partial charge in [0.15, 0.2) is 0 Å². The first-order valence-corrected chi connectivity index (χ1v) is 31.8. The summed E-state index contributed by atoms with van der Waals surface area (Å²) in [5.74, 6) is -9.15. The van der Waals surface area contributed by atoms with Crippen molar-refractivity contribution >= 4 is 76.8 Å². The SMILES string of the molecule is CCCCCCCC(=O)N1CCC[C@H](C(=O)N[C@@H](Cc2ccccc2)C(=O)N[C@H](CC(C)C)C(=O)N[C@@H](CC(C)C)C(=O)N2C[C@H](O)C[C@H]2C(=O)N(C)[C@@H](CC(C)C)C(=O)N[C@@H](CC(=O)O)C(=O)N2CSC[C@H]2C(=O)N[C@H](C(N)=O)[C@@H](C)CC)C1. The number of likely N-dealkylation sites (N-methyl/N-ethyl adjacent to an activating group) is 1. The van der Waals surface area contributed by atoms with Gasteiger partial charge in [-0.05, 0) is 67.8 Å². The fraction of sp³-hybridized carbons (Fsp3) is 0.721. The molecule has 3 saturated heterocycles. The summed E-state index contributed by atoms with van der Waals surface area (Å²) < 4.78 is 0. The van der Waals surface area contributed by atoms with Crippen molar-refractivity contribution in [1.82, 2.24) is 46.2 Å². The standard InChI is InChI=1S/C61H98N10O13S/c1-11-13-14-15-19-24-50(73)69-25-20-23-41(32-69)54(77)63-44(29-40-21-17-16-18-22-40)56(79)64-43(26-36(3)4)55(78)65-45(27-37(5)6)59(82)70-33-42(72)30-48(70)61(84)68(10)47(28-38(7)8)57(80)66-46(31-51(74)75)60(83)71-35-85-34-49(71)58(81)67-52(53(62)76)39(9)12-2/h16-18,21-22,36-39,41-49,52,72H,11-15,19-20,23-35H2,1-10H3,(H2,62,76)(H,63,77)(H,64,79)(H,65,78)(H,66,80)(H,67,81)(H,74,75)/t39-,41-,42+,43+,44-,45-,46-,47-,48-,49-,52-/m0/s1. The summed E-state index contributed by atoms with van der Waals surface area (Å²) in [5.41, 5.74) is 6.34. The molecular formula is C61H98N10O13S. The lowest BCUT2D eigenvalue weighted by Crippen LogP contribution is -2.61. The molecule has 10 amide bonds. The molecule has 0 aliphatic carbocycles. The van der Waals surface area contributed by atoms with E-state index in [4.69, 9.17) is 5.73 Å². The minimum absolute atomic E-state index is 0.00775. The second-order valence-corrected chi connectivity index (χ2v) is 25.7. The molecule has 3 fully saturated rings. The first-order chi connectivity index (χ1) is 40.2. The molecule has 0 unspecified atom stereocenters. The number of carboxylic acid groups (broad SMARTS) is 1. The minimum Gasteiger partial charge on any atom is -0.481 e. The topological polar surface area (TPSA) is 327 Å². The largest absolute Gasteiger partial charge is 0.481 e. The highest BCUT2D eigenvalue weighted by atomic mass is 32.2. The van der Waals surface area contributed by atoms with Crippen LogP contribution in [0.1, 0.15) is 158 Å². The summed E-state index contributed by atoms with van der Waals surface area (Å²) in [5, 5.41) is 35.0. The number of aliphatic carboxylic acids is 1. The van der Waals surface area contributed by atoms with Crippen LogP contribution < -0.4 is 32.3 Å². The molecular weight excluding hydrogens is 1110 g/mol. The molecule has 9 N–H and O–H groups in total. The fourth-order valence-electron chi connectivity index (χ4n) is 11.2. The van der Waals surface area contributed by atoms with E-state index in [0.29, 0.717) is 32.2 Å². The van der Waals surface area contributed by atoms with Gasteiger partial charge in [-0.1, -0.05) is 125 Å². The molecule has 24 heteroatoms. The molecule has 3 aliphatic heterocycles. The van der Waals surface area contributed by atoms with Crippen molar-refractivity contribution in [3.05, 3.63) is 35.9 Å². The highest BCUT2D eigenvalue weighted by Gasteiger charge is 2.46. The molecule has 0 saturated carbocycles. The van der Waals surface area contributed by atoms with Crippen LogP contribution in [0.3, 0.4) is 0 Å². The Balaban J connectivity index is 1.55. The summed E-state index contributed by atoms with van der Waals surface area (Å²) in [7, 11) is 1.34. The van der Waals surface area contributed by atoms with E-state index < -0.39 is 120 Å². The lowest BCUT2D eigenvalue weighted by molar-refractivity contribution is -0.150. The molecule has 0 aromatic heterocycles. The zero-order valence-corrected chi connectivity index (χ0v) is 52.6. The van der Waals surface area contributed by atoms with E-state index in [9.17, 15) is 63.0 Å². The number of nitrogens with one attached hydrogen (secondary N) is 5. The van der Waals surface area contributed by atoms with Crippen molar-refractivity contribution in [3.63, 3.8) is 0 Å². The molecule has 1 aromatic carbocycles. The molecule has 0 bridgehead atoms. The molecule has 11 atom stereocenters. The van der Waals surface area contributed by atoms with Crippen molar-refractivity contribution in [3.8, 4) is 0 Å². The Kier molecular flexibility index (Phi) is 29.1. The number of rotatable bonds is 33. The zero-order valence-electron chi connectivity index (χ0n) is 51.8. The highest BCUT2D eigenvalue weighted by Crippen LogP contribution is 2.27. The lowest BCUT2D eigenvalue weighted by atomic mass is 9.95. The zero-order chi connectivity index (χ0) is 63.2. The number of unbranched alkanes of at least 4 members (excludes halogenated alkanes) is 4. The minimum atomic E-state index is -1.69. The van der Waals surface area contributed by atoms with E-state index in [1.54, 1.807) is 25.7 Å². The number of benzene rings is 1.